The van der Waals surface area contributed by atoms with E-state index < -0.39 is 11.6 Å². The Labute approximate surface area is 193 Å². The second kappa shape index (κ2) is 9.53. The summed E-state index contributed by atoms with van der Waals surface area (Å²) in [5, 5.41) is 7.18. The summed E-state index contributed by atoms with van der Waals surface area (Å²) in [5.74, 6) is -1.85. The number of para-hydroxylation sites is 1. The number of carbonyl (C=O) groups excluding carboxylic acids is 2. The van der Waals surface area contributed by atoms with Crippen molar-refractivity contribution in [3.05, 3.63) is 95.1 Å². The van der Waals surface area contributed by atoms with Crippen LogP contribution in [0.4, 0.5) is 14.6 Å². The van der Waals surface area contributed by atoms with Crippen LogP contribution in [0, 0.1) is 11.6 Å². The van der Waals surface area contributed by atoms with Crippen LogP contribution in [0.2, 0.25) is 0 Å². The molecule has 1 aromatic heterocycles. The lowest BCUT2D eigenvalue weighted by atomic mass is 10.1. The fraction of sp³-hybridized carbons (Fsp3) is 0.0800. The van der Waals surface area contributed by atoms with E-state index in [1.54, 1.807) is 48.5 Å². The molecule has 0 saturated carbocycles. The molecule has 0 fully saturated rings. The van der Waals surface area contributed by atoms with Crippen molar-refractivity contribution in [3.8, 4) is 22.7 Å². The summed E-state index contributed by atoms with van der Waals surface area (Å²) in [6.45, 7) is 0.267. The van der Waals surface area contributed by atoms with Gasteiger partial charge in [-0.3, -0.25) is 9.59 Å². The highest BCUT2D eigenvalue weighted by Crippen LogP contribution is 2.29. The molecule has 4 aromatic rings. The summed E-state index contributed by atoms with van der Waals surface area (Å²) >= 11 is 0. The topological polar surface area (TPSA) is 99.2 Å². The van der Waals surface area contributed by atoms with E-state index >= 15 is 0 Å². The number of aromatic nitrogens is 2. The van der Waals surface area contributed by atoms with E-state index in [0.717, 1.165) is 17.7 Å². The van der Waals surface area contributed by atoms with Gasteiger partial charge in [0.05, 0.1) is 23.9 Å². The first kappa shape index (κ1) is 22.7. The number of aldehydes is 1. The van der Waals surface area contributed by atoms with E-state index in [9.17, 15) is 18.4 Å². The number of halogens is 2. The molecular weight excluding hydrogens is 442 g/mol. The maximum absolute atomic E-state index is 13.7. The number of benzene rings is 3. The van der Waals surface area contributed by atoms with E-state index in [4.69, 9.17) is 10.5 Å². The number of nitrogens with one attached hydrogen (secondary N) is 1. The molecule has 0 aliphatic rings. The third-order valence-electron chi connectivity index (χ3n) is 5.26. The van der Waals surface area contributed by atoms with Crippen molar-refractivity contribution in [2.75, 3.05) is 12.8 Å². The van der Waals surface area contributed by atoms with Gasteiger partial charge in [-0.25, -0.2) is 13.5 Å². The van der Waals surface area contributed by atoms with E-state index in [-0.39, 0.29) is 29.5 Å². The minimum atomic E-state index is -1.05. The molecule has 4 rings (SSSR count). The Morgan fingerprint density at radius 2 is 1.82 bits per heavy atom. The molecule has 0 radical (unpaired) electrons. The summed E-state index contributed by atoms with van der Waals surface area (Å²) in [6.07, 6.45) is 0.565. The Hall–Kier alpha value is -4.53. The molecule has 0 bridgehead atoms. The van der Waals surface area contributed by atoms with Gasteiger partial charge in [0.1, 0.15) is 17.3 Å². The van der Waals surface area contributed by atoms with Gasteiger partial charge >= 0.3 is 0 Å². The molecule has 0 unspecified atom stereocenters. The number of carbonyl (C=O) groups is 2. The molecule has 1 amide bonds. The number of hydrogen-bond acceptors (Lipinski definition) is 5. The van der Waals surface area contributed by atoms with Crippen molar-refractivity contribution in [3.63, 3.8) is 0 Å². The maximum Gasteiger partial charge on any atom is 0.255 e. The van der Waals surface area contributed by atoms with Gasteiger partial charge in [-0.15, -0.1) is 0 Å². The first-order valence-corrected chi connectivity index (χ1v) is 10.2. The number of ether oxygens (including phenoxy) is 1. The van der Waals surface area contributed by atoms with E-state index in [1.807, 2.05) is 0 Å². The van der Waals surface area contributed by atoms with Crippen molar-refractivity contribution >= 4 is 18.0 Å². The minimum Gasteiger partial charge on any atom is -0.496 e. The molecule has 7 nitrogen and oxygen atoms in total. The van der Waals surface area contributed by atoms with Gasteiger partial charge in [-0.05, 0) is 29.8 Å². The fourth-order valence-corrected chi connectivity index (χ4v) is 3.48. The largest absolute Gasteiger partial charge is 0.496 e. The Balaban J connectivity index is 1.55. The van der Waals surface area contributed by atoms with Crippen LogP contribution in [-0.2, 0) is 6.54 Å². The predicted octanol–water partition coefficient (Wildman–Crippen LogP) is 4.15. The Morgan fingerprint density at radius 3 is 2.50 bits per heavy atom. The quantitative estimate of drug-likeness (QED) is 0.402. The molecule has 1 heterocycles. The number of nitrogens with two attached hydrogens (primary N) is 1. The standard InChI is InChI=1S/C25H20F2N4O3/c1-34-22-5-3-2-4-18(22)25(33)29-13-15-6-8-16(9-7-15)23-19(14-32)24(28)31(30-23)17-10-11-20(26)21(27)12-17/h2-12,14H,13,28H2,1H3,(H,29,33). The lowest BCUT2D eigenvalue weighted by molar-refractivity contribution is 0.0947. The molecule has 0 aliphatic carbocycles. The van der Waals surface area contributed by atoms with Gasteiger partial charge in [0.25, 0.3) is 5.91 Å². The average molecular weight is 462 g/mol. The summed E-state index contributed by atoms with van der Waals surface area (Å²) < 4.78 is 33.4. The zero-order chi connectivity index (χ0) is 24.2. The van der Waals surface area contributed by atoms with Crippen molar-refractivity contribution in [2.45, 2.75) is 6.54 Å². The molecule has 0 saturated heterocycles. The van der Waals surface area contributed by atoms with Crippen LogP contribution in [0.1, 0.15) is 26.3 Å². The molecule has 34 heavy (non-hydrogen) atoms. The molecule has 0 aliphatic heterocycles. The van der Waals surface area contributed by atoms with Crippen LogP contribution in [0.25, 0.3) is 16.9 Å². The second-order valence-electron chi connectivity index (χ2n) is 7.36. The number of hydrogen-bond donors (Lipinski definition) is 2. The smallest absolute Gasteiger partial charge is 0.255 e. The van der Waals surface area contributed by atoms with Gasteiger partial charge in [0.2, 0.25) is 0 Å². The van der Waals surface area contributed by atoms with Gasteiger partial charge in [0.15, 0.2) is 17.9 Å². The lowest BCUT2D eigenvalue weighted by Gasteiger charge is -2.09. The van der Waals surface area contributed by atoms with Crippen molar-refractivity contribution in [2.24, 2.45) is 0 Å². The predicted molar refractivity (Wildman–Crippen MR) is 123 cm³/mol. The van der Waals surface area contributed by atoms with Crippen molar-refractivity contribution in [1.29, 1.82) is 0 Å². The molecular formula is C25H20F2N4O3. The first-order chi connectivity index (χ1) is 16.4. The molecule has 0 spiro atoms. The van der Waals surface area contributed by atoms with Gasteiger partial charge in [-0.2, -0.15) is 5.10 Å². The highest BCUT2D eigenvalue weighted by molar-refractivity contribution is 5.97. The number of nitrogens with zero attached hydrogens (tertiary/aromatic N) is 2. The first-order valence-electron chi connectivity index (χ1n) is 10.2. The SMILES string of the molecule is COc1ccccc1C(=O)NCc1ccc(-c2nn(-c3ccc(F)c(F)c3)c(N)c2C=O)cc1. The van der Waals surface area contributed by atoms with E-state index in [1.165, 1.54) is 17.9 Å². The number of amides is 1. The lowest BCUT2D eigenvalue weighted by Crippen LogP contribution is -2.23. The summed E-state index contributed by atoms with van der Waals surface area (Å²) in [7, 11) is 1.50. The molecule has 3 N–H and O–H groups in total. The monoisotopic (exact) mass is 462 g/mol. The zero-order valence-corrected chi connectivity index (χ0v) is 18.1. The zero-order valence-electron chi connectivity index (χ0n) is 18.1. The number of anilines is 1. The van der Waals surface area contributed by atoms with Crippen LogP contribution in [0.15, 0.2) is 66.7 Å². The van der Waals surface area contributed by atoms with E-state index in [2.05, 4.69) is 10.4 Å². The average Bonchev–Trinajstić information content (AvgIpc) is 3.20. The third kappa shape index (κ3) is 4.36. The second-order valence-corrected chi connectivity index (χ2v) is 7.36. The summed E-state index contributed by atoms with van der Waals surface area (Å²) in [5.41, 5.74) is 8.49. The number of nitrogen functional groups attached to an aromatic ring is 1. The van der Waals surface area contributed by atoms with Crippen LogP contribution < -0.4 is 15.8 Å². The normalized spacial score (nSPS) is 10.7. The maximum atomic E-state index is 13.7. The molecule has 0 atom stereocenters. The summed E-state index contributed by atoms with van der Waals surface area (Å²) in [4.78, 5) is 24.2. The Bertz CT molecular complexity index is 1370. The van der Waals surface area contributed by atoms with Crippen molar-refractivity contribution < 1.29 is 23.1 Å². The molecule has 3 aromatic carbocycles. The Morgan fingerprint density at radius 1 is 1.09 bits per heavy atom. The van der Waals surface area contributed by atoms with E-state index in [0.29, 0.717) is 28.9 Å². The van der Waals surface area contributed by atoms with Crippen LogP contribution >= 0.6 is 0 Å². The molecule has 172 valence electrons. The number of rotatable bonds is 7. The van der Waals surface area contributed by atoms with Crippen LogP contribution in [-0.4, -0.2) is 29.1 Å². The Kier molecular flexibility index (Phi) is 6.35. The highest BCUT2D eigenvalue weighted by atomic mass is 19.2. The van der Waals surface area contributed by atoms with Crippen LogP contribution in [0.3, 0.4) is 0 Å². The van der Waals surface area contributed by atoms with Crippen molar-refractivity contribution in [1.82, 2.24) is 15.1 Å². The molecule has 9 heteroatoms. The van der Waals surface area contributed by atoms with Crippen LogP contribution in [0.5, 0.6) is 5.75 Å². The number of methoxy groups -OCH3 is 1. The van der Waals surface area contributed by atoms with Gasteiger partial charge in [-0.1, -0.05) is 36.4 Å². The minimum absolute atomic E-state index is 0.00385. The third-order valence-corrected chi connectivity index (χ3v) is 5.26. The fourth-order valence-electron chi connectivity index (χ4n) is 3.48. The van der Waals surface area contributed by atoms with Gasteiger partial charge < -0.3 is 15.8 Å². The highest BCUT2D eigenvalue weighted by Gasteiger charge is 2.19. The summed E-state index contributed by atoms with van der Waals surface area (Å²) in [6, 6.07) is 17.1. The van der Waals surface area contributed by atoms with Gasteiger partial charge in [0, 0.05) is 18.2 Å².